The van der Waals surface area contributed by atoms with E-state index in [4.69, 9.17) is 4.74 Å². The fourth-order valence-corrected chi connectivity index (χ4v) is 5.13. The van der Waals surface area contributed by atoms with Crippen molar-refractivity contribution >= 4 is 35.2 Å². The summed E-state index contributed by atoms with van der Waals surface area (Å²) < 4.78 is 5.71. The van der Waals surface area contributed by atoms with E-state index < -0.39 is 10.9 Å². The Morgan fingerprint density at radius 2 is 1.71 bits per heavy atom. The number of nitro benzene ring substituents is 1. The largest absolute Gasteiger partial charge is 0.457 e. The normalized spacial score (nSPS) is 14.5. The smallest absolute Gasteiger partial charge is 0.338 e. The van der Waals surface area contributed by atoms with E-state index in [0.29, 0.717) is 15.7 Å². The van der Waals surface area contributed by atoms with Crippen molar-refractivity contribution in [3.05, 3.63) is 75.3 Å². The van der Waals surface area contributed by atoms with Gasteiger partial charge in [-0.25, -0.2) is 4.79 Å². The van der Waals surface area contributed by atoms with Gasteiger partial charge in [-0.1, -0.05) is 12.1 Å². The van der Waals surface area contributed by atoms with Crippen molar-refractivity contribution < 1.29 is 14.5 Å². The Labute approximate surface area is 147 Å². The molecule has 0 N–H and O–H groups in total. The first-order valence-corrected chi connectivity index (χ1v) is 9.47. The predicted molar refractivity (Wildman–Crippen MR) is 96.3 cm³/mol. The van der Waals surface area contributed by atoms with E-state index in [1.54, 1.807) is 24.3 Å². The Balaban J connectivity index is 1.57. The predicted octanol–water partition coefficient (Wildman–Crippen LogP) is 4.43. The number of hydrogen-bond donors (Lipinski definition) is 0. The maximum atomic E-state index is 12.1. The van der Waals surface area contributed by atoms with Crippen LogP contribution < -0.4 is 0 Å². The van der Waals surface area contributed by atoms with E-state index in [9.17, 15) is 14.9 Å². The second kappa shape index (κ2) is 7.72. The zero-order chi connectivity index (χ0) is 16.9. The van der Waals surface area contributed by atoms with Crippen LogP contribution in [0.2, 0.25) is 0 Å². The average Bonchev–Trinajstić information content (AvgIpc) is 3.15. The number of carbonyl (C=O) groups excluding carboxylic acids is 1. The van der Waals surface area contributed by atoms with Gasteiger partial charge in [0, 0.05) is 23.6 Å². The zero-order valence-corrected chi connectivity index (χ0v) is 14.3. The van der Waals surface area contributed by atoms with Gasteiger partial charge in [-0.2, -0.15) is 0 Å². The third kappa shape index (κ3) is 4.10. The van der Waals surface area contributed by atoms with Crippen LogP contribution >= 0.6 is 23.5 Å². The van der Waals surface area contributed by atoms with Gasteiger partial charge in [0.1, 0.15) is 6.61 Å². The molecule has 24 heavy (non-hydrogen) atoms. The first-order valence-electron chi connectivity index (χ1n) is 7.37. The molecule has 5 nitrogen and oxygen atoms in total. The number of hydrogen-bond acceptors (Lipinski definition) is 6. The van der Waals surface area contributed by atoms with E-state index in [0.717, 1.165) is 11.5 Å². The Morgan fingerprint density at radius 3 is 2.29 bits per heavy atom. The Hall–Kier alpha value is -1.99. The highest BCUT2D eigenvalue weighted by Crippen LogP contribution is 2.45. The minimum atomic E-state index is -0.460. The van der Waals surface area contributed by atoms with Gasteiger partial charge in [-0.15, -0.1) is 23.5 Å². The third-order valence-electron chi connectivity index (χ3n) is 3.56. The summed E-state index contributed by atoms with van der Waals surface area (Å²) in [6, 6.07) is 13.5. The average molecular weight is 361 g/mol. The molecule has 1 aliphatic heterocycles. The lowest BCUT2D eigenvalue weighted by atomic mass is 10.1. The molecule has 0 amide bonds. The van der Waals surface area contributed by atoms with E-state index in [1.807, 2.05) is 35.7 Å². The molecule has 1 fully saturated rings. The summed E-state index contributed by atoms with van der Waals surface area (Å²) in [7, 11) is 0. The number of benzene rings is 2. The summed E-state index contributed by atoms with van der Waals surface area (Å²) in [4.78, 5) is 22.2. The van der Waals surface area contributed by atoms with Crippen molar-refractivity contribution in [3.8, 4) is 0 Å². The van der Waals surface area contributed by atoms with E-state index in [1.165, 1.54) is 17.7 Å². The number of nitro groups is 1. The second-order valence-electron chi connectivity index (χ2n) is 5.20. The van der Waals surface area contributed by atoms with Gasteiger partial charge in [0.05, 0.1) is 15.1 Å². The van der Waals surface area contributed by atoms with Crippen molar-refractivity contribution in [1.82, 2.24) is 0 Å². The maximum Gasteiger partial charge on any atom is 0.338 e. The van der Waals surface area contributed by atoms with Crippen LogP contribution in [0.4, 0.5) is 5.69 Å². The van der Waals surface area contributed by atoms with Gasteiger partial charge in [-0.3, -0.25) is 10.1 Å². The van der Waals surface area contributed by atoms with Gasteiger partial charge >= 0.3 is 5.97 Å². The minimum absolute atomic E-state index is 0.0170. The van der Waals surface area contributed by atoms with Crippen molar-refractivity contribution in [1.29, 1.82) is 0 Å². The van der Waals surface area contributed by atoms with E-state index >= 15 is 0 Å². The molecule has 7 heteroatoms. The molecule has 0 aliphatic carbocycles. The summed E-state index contributed by atoms with van der Waals surface area (Å²) in [5.41, 5.74) is 2.45. The Kier molecular flexibility index (Phi) is 5.42. The lowest BCUT2D eigenvalue weighted by Gasteiger charge is -2.09. The summed E-state index contributed by atoms with van der Waals surface area (Å²) in [5, 5.41) is 10.6. The number of non-ortho nitro benzene ring substituents is 1. The number of esters is 1. The molecule has 0 radical (unpaired) electrons. The molecule has 1 saturated heterocycles. The molecule has 2 aromatic carbocycles. The molecular formula is C17H15NO4S2. The standard InChI is InChI=1S/C17H15NO4S2/c19-16(22-11-12-1-7-15(8-2-12)18(20)21)13-3-5-14(6-4-13)17-23-9-10-24-17/h1-8,17H,9-11H2. The molecule has 0 spiro atoms. The molecule has 0 aromatic heterocycles. The van der Waals surface area contributed by atoms with E-state index in [2.05, 4.69) is 0 Å². The second-order valence-corrected chi connectivity index (χ2v) is 7.92. The summed E-state index contributed by atoms with van der Waals surface area (Å²) in [5.74, 6) is 1.93. The van der Waals surface area contributed by atoms with E-state index in [-0.39, 0.29) is 12.3 Å². The molecule has 0 saturated carbocycles. The SMILES string of the molecule is O=C(OCc1ccc([N+](=O)[O-])cc1)c1ccc(C2SCCS2)cc1. The van der Waals surface area contributed by atoms with Gasteiger partial charge in [0.25, 0.3) is 5.69 Å². The monoisotopic (exact) mass is 361 g/mol. The van der Waals surface area contributed by atoms with Crippen LogP contribution in [0.3, 0.4) is 0 Å². The maximum absolute atomic E-state index is 12.1. The fraction of sp³-hybridized carbons (Fsp3) is 0.235. The first kappa shape index (κ1) is 16.9. The van der Waals surface area contributed by atoms with Crippen molar-refractivity contribution in [2.24, 2.45) is 0 Å². The lowest BCUT2D eigenvalue weighted by Crippen LogP contribution is -2.05. The fourth-order valence-electron chi connectivity index (χ4n) is 2.27. The van der Waals surface area contributed by atoms with Gasteiger partial charge in [0.15, 0.2) is 0 Å². The molecule has 1 heterocycles. The molecule has 3 rings (SSSR count). The van der Waals surface area contributed by atoms with Crippen LogP contribution in [-0.4, -0.2) is 22.4 Å². The topological polar surface area (TPSA) is 69.4 Å². The van der Waals surface area contributed by atoms with Gasteiger partial charge in [0.2, 0.25) is 0 Å². The number of rotatable bonds is 5. The minimum Gasteiger partial charge on any atom is -0.457 e. The highest BCUT2D eigenvalue weighted by Gasteiger charge is 2.18. The van der Waals surface area contributed by atoms with Crippen molar-refractivity contribution in [2.45, 2.75) is 11.2 Å². The van der Waals surface area contributed by atoms with Gasteiger partial charge in [-0.05, 0) is 35.4 Å². The number of nitrogens with zero attached hydrogens (tertiary/aromatic N) is 1. The number of carbonyl (C=O) groups is 1. The molecule has 1 aliphatic rings. The van der Waals surface area contributed by atoms with Crippen LogP contribution in [0.15, 0.2) is 48.5 Å². The molecule has 2 aromatic rings. The van der Waals surface area contributed by atoms with Crippen LogP contribution in [0.5, 0.6) is 0 Å². The highest BCUT2D eigenvalue weighted by molar-refractivity contribution is 8.19. The summed E-state index contributed by atoms with van der Waals surface area (Å²) in [6.45, 7) is 0.0902. The third-order valence-corrected chi connectivity index (χ3v) is 6.66. The van der Waals surface area contributed by atoms with Crippen molar-refractivity contribution in [2.75, 3.05) is 11.5 Å². The number of thioether (sulfide) groups is 2. The Bertz CT molecular complexity index is 725. The lowest BCUT2D eigenvalue weighted by molar-refractivity contribution is -0.384. The van der Waals surface area contributed by atoms with Crippen LogP contribution in [0.25, 0.3) is 0 Å². The molecule has 0 bridgehead atoms. The van der Waals surface area contributed by atoms with Crippen LogP contribution in [0.1, 0.15) is 26.1 Å². The highest BCUT2D eigenvalue weighted by atomic mass is 32.2. The zero-order valence-electron chi connectivity index (χ0n) is 12.7. The summed E-state index contributed by atoms with van der Waals surface area (Å²) in [6.07, 6.45) is 0. The molecular weight excluding hydrogens is 346 g/mol. The molecule has 124 valence electrons. The quantitative estimate of drug-likeness (QED) is 0.446. The summed E-state index contributed by atoms with van der Waals surface area (Å²) >= 11 is 3.84. The van der Waals surface area contributed by atoms with Crippen molar-refractivity contribution in [3.63, 3.8) is 0 Å². The van der Waals surface area contributed by atoms with Gasteiger partial charge < -0.3 is 4.74 Å². The molecule has 0 atom stereocenters. The first-order chi connectivity index (χ1) is 11.6. The Morgan fingerprint density at radius 1 is 1.08 bits per heavy atom. The van der Waals surface area contributed by atoms with Crippen LogP contribution in [-0.2, 0) is 11.3 Å². The molecule has 0 unspecified atom stereocenters. The number of ether oxygens (including phenoxy) is 1. The van der Waals surface area contributed by atoms with Crippen LogP contribution in [0, 0.1) is 10.1 Å².